The molecule has 0 saturated heterocycles. The highest BCUT2D eigenvalue weighted by atomic mass is 35.5. The van der Waals surface area contributed by atoms with E-state index in [0.29, 0.717) is 6.20 Å². The fourth-order valence-electron chi connectivity index (χ4n) is 1.05. The van der Waals surface area contributed by atoms with E-state index in [9.17, 15) is 13.2 Å². The van der Waals surface area contributed by atoms with Crippen molar-refractivity contribution in [3.63, 3.8) is 0 Å². The van der Waals surface area contributed by atoms with Crippen molar-refractivity contribution in [2.45, 2.75) is 6.18 Å². The van der Waals surface area contributed by atoms with Crippen LogP contribution in [-0.4, -0.2) is 19.7 Å². The Bertz CT molecular complexity index is 508. The molecule has 0 aromatic carbocycles. The standard InChI is InChI=1S/C8H4ClF3N4/c9-6-7(14-2-1-13-6)16-4-5(3-15-16)8(10,11)12/h1-4H. The molecule has 0 amide bonds. The molecule has 0 aliphatic carbocycles. The molecule has 2 aromatic rings. The third kappa shape index (κ3) is 1.99. The number of aromatic nitrogens is 4. The summed E-state index contributed by atoms with van der Waals surface area (Å²) >= 11 is 5.67. The lowest BCUT2D eigenvalue weighted by Crippen LogP contribution is -2.03. The third-order valence-electron chi connectivity index (χ3n) is 1.76. The van der Waals surface area contributed by atoms with Crippen LogP contribution in [0.25, 0.3) is 5.82 Å². The van der Waals surface area contributed by atoms with E-state index >= 15 is 0 Å². The molecule has 0 N–H and O–H groups in total. The molecule has 16 heavy (non-hydrogen) atoms. The molecule has 8 heteroatoms. The van der Waals surface area contributed by atoms with Gasteiger partial charge < -0.3 is 0 Å². The zero-order chi connectivity index (χ0) is 11.8. The van der Waals surface area contributed by atoms with E-state index in [1.165, 1.54) is 12.4 Å². The Hall–Kier alpha value is -1.63. The summed E-state index contributed by atoms with van der Waals surface area (Å²) in [6.45, 7) is 0. The SMILES string of the molecule is FC(F)(F)c1cnn(-c2nccnc2Cl)c1. The van der Waals surface area contributed by atoms with E-state index in [-0.39, 0.29) is 11.0 Å². The topological polar surface area (TPSA) is 43.6 Å². The number of rotatable bonds is 1. The molecule has 0 saturated carbocycles. The van der Waals surface area contributed by atoms with E-state index in [0.717, 1.165) is 10.9 Å². The van der Waals surface area contributed by atoms with E-state index < -0.39 is 11.7 Å². The molecule has 0 aliphatic heterocycles. The minimum absolute atomic E-state index is 0.0145. The van der Waals surface area contributed by atoms with Crippen LogP contribution in [0.1, 0.15) is 5.56 Å². The summed E-state index contributed by atoms with van der Waals surface area (Å²) in [5.41, 5.74) is -0.866. The van der Waals surface area contributed by atoms with E-state index in [4.69, 9.17) is 11.6 Å². The molecule has 0 fully saturated rings. The largest absolute Gasteiger partial charge is 0.419 e. The first-order valence-electron chi connectivity index (χ1n) is 4.07. The number of halogens is 4. The minimum Gasteiger partial charge on any atom is -0.239 e. The number of nitrogens with zero attached hydrogens (tertiary/aromatic N) is 4. The average Bonchev–Trinajstić information content (AvgIpc) is 2.66. The maximum atomic E-state index is 12.3. The first-order valence-corrected chi connectivity index (χ1v) is 4.45. The van der Waals surface area contributed by atoms with Crippen molar-refractivity contribution in [1.29, 1.82) is 0 Å². The summed E-state index contributed by atoms with van der Waals surface area (Å²) in [4.78, 5) is 7.47. The van der Waals surface area contributed by atoms with E-state index in [1.807, 2.05) is 0 Å². The number of hydrogen-bond donors (Lipinski definition) is 0. The number of hydrogen-bond acceptors (Lipinski definition) is 3. The normalized spacial score (nSPS) is 11.8. The Morgan fingerprint density at radius 1 is 1.19 bits per heavy atom. The first kappa shape index (κ1) is 10.9. The molecule has 0 aliphatic rings. The molecule has 84 valence electrons. The Morgan fingerprint density at radius 2 is 1.88 bits per heavy atom. The summed E-state index contributed by atoms with van der Waals surface area (Å²) in [7, 11) is 0. The highest BCUT2D eigenvalue weighted by molar-refractivity contribution is 6.30. The first-order chi connectivity index (χ1) is 7.48. The van der Waals surface area contributed by atoms with Crippen molar-refractivity contribution in [3.8, 4) is 5.82 Å². The maximum Gasteiger partial charge on any atom is 0.419 e. The summed E-state index contributed by atoms with van der Waals surface area (Å²) in [6.07, 6.45) is -0.288. The van der Waals surface area contributed by atoms with E-state index in [2.05, 4.69) is 15.1 Å². The molecule has 2 aromatic heterocycles. The summed E-state index contributed by atoms with van der Waals surface area (Å²) in [5, 5.41) is 3.51. The van der Waals surface area contributed by atoms with Crippen molar-refractivity contribution >= 4 is 11.6 Å². The molecule has 0 bridgehead atoms. The molecule has 0 radical (unpaired) electrons. The van der Waals surface area contributed by atoms with Gasteiger partial charge in [-0.3, -0.25) is 0 Å². The van der Waals surface area contributed by atoms with Crippen LogP contribution in [-0.2, 0) is 6.18 Å². The minimum atomic E-state index is -4.44. The van der Waals surface area contributed by atoms with Crippen LogP contribution >= 0.6 is 11.6 Å². The lowest BCUT2D eigenvalue weighted by atomic mass is 10.4. The third-order valence-corrected chi connectivity index (χ3v) is 2.03. The number of alkyl halides is 3. The van der Waals surface area contributed by atoms with Gasteiger partial charge in [0.1, 0.15) is 0 Å². The second-order valence-electron chi connectivity index (χ2n) is 2.84. The molecule has 2 rings (SSSR count). The molecule has 2 heterocycles. The summed E-state index contributed by atoms with van der Waals surface area (Å²) < 4.78 is 37.8. The second-order valence-corrected chi connectivity index (χ2v) is 3.20. The van der Waals surface area contributed by atoms with Gasteiger partial charge in [0.2, 0.25) is 0 Å². The zero-order valence-electron chi connectivity index (χ0n) is 7.61. The van der Waals surface area contributed by atoms with E-state index in [1.54, 1.807) is 0 Å². The molecule has 4 nitrogen and oxygen atoms in total. The Kier molecular flexibility index (Phi) is 2.55. The van der Waals surface area contributed by atoms with Gasteiger partial charge in [0, 0.05) is 18.6 Å². The molecular weight excluding hydrogens is 245 g/mol. The van der Waals surface area contributed by atoms with Crippen LogP contribution < -0.4 is 0 Å². The second kappa shape index (κ2) is 3.75. The monoisotopic (exact) mass is 248 g/mol. The smallest absolute Gasteiger partial charge is 0.239 e. The lowest BCUT2D eigenvalue weighted by molar-refractivity contribution is -0.137. The van der Waals surface area contributed by atoms with Crippen molar-refractivity contribution in [3.05, 3.63) is 35.5 Å². The van der Waals surface area contributed by atoms with Crippen LogP contribution in [0.4, 0.5) is 13.2 Å². The van der Waals surface area contributed by atoms with Gasteiger partial charge in [0.25, 0.3) is 0 Å². The summed E-state index contributed by atoms with van der Waals surface area (Å²) in [6, 6.07) is 0. The predicted molar refractivity (Wildman–Crippen MR) is 49.2 cm³/mol. The zero-order valence-corrected chi connectivity index (χ0v) is 8.37. The van der Waals surface area contributed by atoms with Crippen LogP contribution in [0.3, 0.4) is 0 Å². The quantitative estimate of drug-likeness (QED) is 0.778. The maximum absolute atomic E-state index is 12.3. The Morgan fingerprint density at radius 3 is 2.44 bits per heavy atom. The molecule has 0 unspecified atom stereocenters. The highest BCUT2D eigenvalue weighted by Crippen LogP contribution is 2.29. The van der Waals surface area contributed by atoms with Crippen LogP contribution in [0.5, 0.6) is 0 Å². The highest BCUT2D eigenvalue weighted by Gasteiger charge is 2.32. The van der Waals surface area contributed by atoms with Gasteiger partial charge in [0.15, 0.2) is 11.0 Å². The van der Waals surface area contributed by atoms with Crippen LogP contribution in [0, 0.1) is 0 Å². The fraction of sp³-hybridized carbons (Fsp3) is 0.125. The fourth-order valence-corrected chi connectivity index (χ4v) is 1.24. The van der Waals surface area contributed by atoms with Gasteiger partial charge in [-0.15, -0.1) is 0 Å². The van der Waals surface area contributed by atoms with Crippen LogP contribution in [0.15, 0.2) is 24.8 Å². The van der Waals surface area contributed by atoms with Crippen LogP contribution in [0.2, 0.25) is 5.15 Å². The van der Waals surface area contributed by atoms with Gasteiger partial charge in [-0.05, 0) is 0 Å². The Labute approximate surface area is 92.7 Å². The summed E-state index contributed by atoms with van der Waals surface area (Å²) in [5.74, 6) is 0.0552. The Balaban J connectivity index is 2.44. The van der Waals surface area contributed by atoms with Crippen molar-refractivity contribution in [1.82, 2.24) is 19.7 Å². The average molecular weight is 249 g/mol. The van der Waals surface area contributed by atoms with Gasteiger partial charge in [-0.2, -0.15) is 18.3 Å². The van der Waals surface area contributed by atoms with Gasteiger partial charge in [0.05, 0.1) is 11.8 Å². The lowest BCUT2D eigenvalue weighted by Gasteiger charge is -2.02. The van der Waals surface area contributed by atoms with Gasteiger partial charge in [-0.1, -0.05) is 11.6 Å². The van der Waals surface area contributed by atoms with Gasteiger partial charge >= 0.3 is 6.18 Å². The van der Waals surface area contributed by atoms with Gasteiger partial charge in [-0.25, -0.2) is 14.6 Å². The predicted octanol–water partition coefficient (Wildman–Crippen LogP) is 2.33. The van der Waals surface area contributed by atoms with Crippen molar-refractivity contribution in [2.24, 2.45) is 0 Å². The molecule has 0 atom stereocenters. The molecule has 0 spiro atoms. The van der Waals surface area contributed by atoms with Crippen molar-refractivity contribution in [2.75, 3.05) is 0 Å². The van der Waals surface area contributed by atoms with Crippen molar-refractivity contribution < 1.29 is 13.2 Å². The molecular formula is C8H4ClF3N4.